The van der Waals surface area contributed by atoms with Gasteiger partial charge in [0.2, 0.25) is 11.8 Å². The third-order valence-electron chi connectivity index (χ3n) is 3.62. The molecule has 0 heterocycles. The number of carbonyl (C=O) groups is 1. The van der Waals surface area contributed by atoms with Crippen molar-refractivity contribution in [1.82, 2.24) is 8.38 Å². The number of oxime groups is 1. The zero-order valence-corrected chi connectivity index (χ0v) is 20.0. The second-order valence-electron chi connectivity index (χ2n) is 5.61. The molecule has 2 rings (SSSR count). The minimum atomic E-state index is -1.42. The van der Waals surface area contributed by atoms with Crippen molar-refractivity contribution in [2.45, 2.75) is 13.8 Å². The Kier molecular flexibility index (Phi) is 9.90. The van der Waals surface area contributed by atoms with E-state index in [-0.39, 0.29) is 0 Å². The fraction of sp³-hybridized carbons (Fsp3) is 0.263. The highest BCUT2D eigenvalue weighted by molar-refractivity contribution is 8.13. The van der Waals surface area contributed by atoms with Crippen molar-refractivity contribution in [2.75, 3.05) is 19.8 Å². The van der Waals surface area contributed by atoms with Gasteiger partial charge in [-0.2, -0.15) is 0 Å². The number of thioether (sulfide) groups is 1. The molecule has 154 valence electrons. The van der Waals surface area contributed by atoms with E-state index in [1.165, 1.54) is 16.1 Å². The van der Waals surface area contributed by atoms with Crippen molar-refractivity contribution in [2.24, 2.45) is 5.16 Å². The summed E-state index contributed by atoms with van der Waals surface area (Å²) >= 11 is 8.18. The minimum absolute atomic E-state index is 0.579. The van der Waals surface area contributed by atoms with Crippen molar-refractivity contribution in [3.8, 4) is 16.9 Å². The quantitative estimate of drug-likeness (QED) is 0.115. The molecule has 0 N–H and O–H groups in total. The fourth-order valence-electron chi connectivity index (χ4n) is 2.11. The van der Waals surface area contributed by atoms with Crippen LogP contribution in [-0.4, -0.2) is 39.4 Å². The molecule has 0 spiro atoms. The smallest absolute Gasteiger partial charge is 0.296 e. The lowest BCUT2D eigenvalue weighted by atomic mass is 10.1. The lowest BCUT2D eigenvalue weighted by Gasteiger charge is -2.16. The van der Waals surface area contributed by atoms with E-state index >= 15 is 0 Å². The molecule has 1 atom stereocenters. The first-order valence-corrected chi connectivity index (χ1v) is 12.9. The molecule has 0 radical (unpaired) electrons. The number of nitrogens with zero attached hydrogens (tertiary/aromatic N) is 3. The van der Waals surface area contributed by atoms with E-state index in [0.717, 1.165) is 23.3 Å². The predicted molar refractivity (Wildman–Crippen MR) is 128 cm³/mol. The van der Waals surface area contributed by atoms with Gasteiger partial charge in [-0.3, -0.25) is 9.36 Å². The molecule has 6 nitrogen and oxygen atoms in total. The average molecular weight is 469 g/mol. The third kappa shape index (κ3) is 7.28. The maximum Gasteiger partial charge on any atom is 0.505 e. The summed E-state index contributed by atoms with van der Waals surface area (Å²) in [4.78, 5) is 17.0. The Hall–Kier alpha value is -1.64. The van der Waals surface area contributed by atoms with Crippen LogP contribution in [-0.2, 0) is 16.6 Å². The van der Waals surface area contributed by atoms with Crippen LogP contribution in [0, 0.1) is 0 Å². The SMILES string of the molecule is CCN(SN(C)C(=O)ON=C(C)SC)[P+](=S)Oc1ccccc1-c1ccccc1. The largest absolute Gasteiger partial charge is 0.505 e. The summed E-state index contributed by atoms with van der Waals surface area (Å²) in [5.41, 5.74) is 2.03. The Bertz CT molecular complexity index is 868. The normalized spacial score (nSPS) is 11.9. The molecule has 0 saturated carbocycles. The molecule has 0 aliphatic rings. The van der Waals surface area contributed by atoms with Crippen LogP contribution in [0.15, 0.2) is 59.8 Å². The van der Waals surface area contributed by atoms with Crippen molar-refractivity contribution in [1.29, 1.82) is 0 Å². The van der Waals surface area contributed by atoms with Gasteiger partial charge >= 0.3 is 13.2 Å². The summed E-state index contributed by atoms with van der Waals surface area (Å²) in [6.07, 6.45) is 1.28. The molecular formula is C19H23N3O3PS3+. The van der Waals surface area contributed by atoms with E-state index in [4.69, 9.17) is 21.2 Å². The fourth-order valence-corrected chi connectivity index (χ4v) is 4.89. The lowest BCUT2D eigenvalue weighted by molar-refractivity contribution is 0.137. The summed E-state index contributed by atoms with van der Waals surface area (Å²) in [6, 6.07) is 17.8. The third-order valence-corrected chi connectivity index (χ3v) is 7.92. The molecule has 0 fully saturated rings. The molecule has 1 amide bonds. The molecular weight excluding hydrogens is 445 g/mol. The highest BCUT2D eigenvalue weighted by atomic mass is 32.4. The second-order valence-corrected chi connectivity index (χ2v) is 10.1. The molecule has 10 heteroatoms. The lowest BCUT2D eigenvalue weighted by Crippen LogP contribution is -2.24. The van der Waals surface area contributed by atoms with Gasteiger partial charge in [0.1, 0.15) is 5.04 Å². The Balaban J connectivity index is 2.06. The topological polar surface area (TPSA) is 54.4 Å². The molecule has 2 aromatic carbocycles. The molecule has 0 saturated heterocycles. The second kappa shape index (κ2) is 12.1. The van der Waals surface area contributed by atoms with Crippen LogP contribution in [0.4, 0.5) is 4.79 Å². The number of benzene rings is 2. The Labute approximate surface area is 186 Å². The van der Waals surface area contributed by atoms with Crippen molar-refractivity contribution in [3.63, 3.8) is 0 Å². The maximum atomic E-state index is 12.1. The Morgan fingerprint density at radius 2 is 1.83 bits per heavy atom. The Morgan fingerprint density at radius 1 is 1.17 bits per heavy atom. The van der Waals surface area contributed by atoms with Gasteiger partial charge in [0.25, 0.3) is 0 Å². The first kappa shape index (κ1) is 23.6. The van der Waals surface area contributed by atoms with Gasteiger partial charge in [-0.05, 0) is 35.8 Å². The van der Waals surface area contributed by atoms with E-state index in [1.54, 1.807) is 14.0 Å². The molecule has 29 heavy (non-hydrogen) atoms. The van der Waals surface area contributed by atoms with Crippen LogP contribution in [0.2, 0.25) is 0 Å². The van der Waals surface area contributed by atoms with E-state index in [9.17, 15) is 4.79 Å². The number of carbonyl (C=O) groups excluding carboxylic acids is 1. The van der Waals surface area contributed by atoms with Crippen molar-refractivity contribution >= 4 is 53.9 Å². The van der Waals surface area contributed by atoms with Gasteiger partial charge in [0.15, 0.2) is 5.75 Å². The van der Waals surface area contributed by atoms with Gasteiger partial charge in [0, 0.05) is 12.6 Å². The summed E-state index contributed by atoms with van der Waals surface area (Å²) in [6.45, 7) is 4.32. The van der Waals surface area contributed by atoms with E-state index < -0.39 is 13.2 Å². The highest BCUT2D eigenvalue weighted by Crippen LogP contribution is 2.41. The van der Waals surface area contributed by atoms with E-state index in [0.29, 0.717) is 17.3 Å². The minimum Gasteiger partial charge on any atom is -0.296 e. The van der Waals surface area contributed by atoms with E-state index in [2.05, 4.69) is 5.16 Å². The van der Waals surface area contributed by atoms with Gasteiger partial charge in [0.05, 0.1) is 18.7 Å². The van der Waals surface area contributed by atoms with Crippen LogP contribution >= 0.6 is 31.0 Å². The number of rotatable bonds is 8. The van der Waals surface area contributed by atoms with E-state index in [1.807, 2.05) is 71.9 Å². The first-order chi connectivity index (χ1) is 14.0. The average Bonchev–Trinajstić information content (AvgIpc) is 2.76. The molecule has 0 bridgehead atoms. The van der Waals surface area contributed by atoms with Crippen LogP contribution in [0.25, 0.3) is 11.1 Å². The van der Waals surface area contributed by atoms with Crippen molar-refractivity contribution < 1.29 is 14.2 Å². The zero-order chi connectivity index (χ0) is 21.2. The Morgan fingerprint density at radius 3 is 2.48 bits per heavy atom. The monoisotopic (exact) mass is 468 g/mol. The molecule has 1 unspecified atom stereocenters. The molecule has 2 aromatic rings. The molecule has 0 aliphatic heterocycles. The van der Waals surface area contributed by atoms with Crippen LogP contribution in [0.5, 0.6) is 5.75 Å². The summed E-state index contributed by atoms with van der Waals surface area (Å²) in [5, 5.41) is 4.42. The predicted octanol–water partition coefficient (Wildman–Crippen LogP) is 6.16. The van der Waals surface area contributed by atoms with Gasteiger partial charge in [-0.15, -0.1) is 11.8 Å². The van der Waals surface area contributed by atoms with Crippen molar-refractivity contribution in [3.05, 3.63) is 54.6 Å². The number of hydrogen-bond acceptors (Lipinski definition) is 7. The first-order valence-electron chi connectivity index (χ1n) is 8.74. The highest BCUT2D eigenvalue weighted by Gasteiger charge is 2.31. The molecule has 0 aromatic heterocycles. The number of hydrogen-bond donors (Lipinski definition) is 0. The van der Waals surface area contributed by atoms with Crippen LogP contribution in [0.3, 0.4) is 0 Å². The van der Waals surface area contributed by atoms with Gasteiger partial charge in [-0.25, -0.2) is 9.10 Å². The van der Waals surface area contributed by atoms with Gasteiger partial charge in [-0.1, -0.05) is 53.7 Å². The number of para-hydroxylation sites is 1. The summed E-state index contributed by atoms with van der Waals surface area (Å²) < 4.78 is 9.30. The maximum absolute atomic E-state index is 12.1. The van der Waals surface area contributed by atoms with Crippen LogP contribution < -0.4 is 4.52 Å². The summed E-state index contributed by atoms with van der Waals surface area (Å²) in [7, 11) is 0.188. The molecule has 0 aliphatic carbocycles. The number of amides is 1. The standard InChI is InChI=1S/C19H23N3O3PS3/c1-5-22(29-21(3)19(23)24-20-15(2)28-4)26(27)25-18-14-10-9-13-17(18)16-11-7-6-8-12-16/h6-14H,5H2,1-4H3/q+1. The summed E-state index contributed by atoms with van der Waals surface area (Å²) in [5.74, 6) is 0.712. The van der Waals surface area contributed by atoms with Crippen LogP contribution in [0.1, 0.15) is 13.8 Å². The zero-order valence-electron chi connectivity index (χ0n) is 16.6. The van der Waals surface area contributed by atoms with Gasteiger partial charge < -0.3 is 0 Å².